The van der Waals surface area contributed by atoms with E-state index >= 15 is 0 Å². The molecule has 0 atom stereocenters. The number of carbonyl (C=O) groups excluding carboxylic acids is 1. The molecule has 0 spiro atoms. The summed E-state index contributed by atoms with van der Waals surface area (Å²) in [4.78, 5) is 14.3. The van der Waals surface area contributed by atoms with E-state index in [0.29, 0.717) is 11.3 Å². The minimum Gasteiger partial charge on any atom is -0.462 e. The zero-order chi connectivity index (χ0) is 13.9. The molecule has 1 heterocycles. The van der Waals surface area contributed by atoms with E-state index in [-0.39, 0.29) is 17.8 Å². The molecule has 8 heteroatoms. The van der Waals surface area contributed by atoms with Crippen LogP contribution in [0.2, 0.25) is 0 Å². The van der Waals surface area contributed by atoms with E-state index in [0.717, 1.165) is 0 Å². The number of rotatable bonds is 4. The molecule has 0 amide bonds. The summed E-state index contributed by atoms with van der Waals surface area (Å²) in [5, 5.41) is 2.79. The molecule has 0 radical (unpaired) electrons. The Balaban J connectivity index is 3.13. The van der Waals surface area contributed by atoms with Gasteiger partial charge >= 0.3 is 12.1 Å². The first-order valence-corrected chi connectivity index (χ1v) is 6.09. The molecule has 0 unspecified atom stereocenters. The molecule has 1 rings (SSSR count). The van der Waals surface area contributed by atoms with Crippen LogP contribution in [0.4, 0.5) is 18.3 Å². The normalized spacial score (nSPS) is 11.7. The molecule has 4 nitrogen and oxygen atoms in total. The van der Waals surface area contributed by atoms with Crippen LogP contribution >= 0.6 is 11.3 Å². The number of aromatic nitrogens is 1. The average Bonchev–Trinajstić information content (AvgIpc) is 2.60. The highest BCUT2D eigenvalue weighted by Gasteiger charge is 2.40. The van der Waals surface area contributed by atoms with Crippen LogP contribution in [0.15, 0.2) is 0 Å². The van der Waals surface area contributed by atoms with Gasteiger partial charge in [-0.3, -0.25) is 0 Å². The molecule has 0 bridgehead atoms. The third-order valence-electron chi connectivity index (χ3n) is 1.77. The summed E-state index contributed by atoms with van der Waals surface area (Å²) in [6.07, 6.45) is -4.67. The fraction of sp³-hybridized carbons (Fsp3) is 0.600. The van der Waals surface area contributed by atoms with Crippen molar-refractivity contribution in [3.63, 3.8) is 0 Å². The summed E-state index contributed by atoms with van der Waals surface area (Å²) < 4.78 is 42.7. The number of alkyl halides is 3. The molecule has 1 aromatic rings. The van der Waals surface area contributed by atoms with Crippen LogP contribution in [0.1, 0.15) is 36.1 Å². The number of anilines is 1. The number of carbonyl (C=O) groups is 1. The molecule has 1 aromatic heterocycles. The summed E-state index contributed by atoms with van der Waals surface area (Å²) in [5.74, 6) is -1.00. The molecule has 0 aromatic carbocycles. The number of esters is 1. The molecule has 0 fully saturated rings. The van der Waals surface area contributed by atoms with E-state index in [9.17, 15) is 18.0 Å². The maximum absolute atomic E-state index is 12.7. The van der Waals surface area contributed by atoms with Gasteiger partial charge in [0.1, 0.15) is 4.88 Å². The second kappa shape index (κ2) is 5.55. The molecular formula is C10H13F3N2O2S. The molecule has 0 saturated heterocycles. The second-order valence-corrected chi connectivity index (χ2v) is 4.71. The van der Waals surface area contributed by atoms with Gasteiger partial charge in [0.15, 0.2) is 10.8 Å². The third-order valence-corrected chi connectivity index (χ3v) is 2.74. The van der Waals surface area contributed by atoms with Gasteiger partial charge in [0.25, 0.3) is 0 Å². The fourth-order valence-corrected chi connectivity index (χ4v) is 2.18. The lowest BCUT2D eigenvalue weighted by atomic mass is 10.3. The molecule has 0 saturated carbocycles. The summed E-state index contributed by atoms with van der Waals surface area (Å²) >= 11 is 0.646. The van der Waals surface area contributed by atoms with E-state index in [1.54, 1.807) is 13.8 Å². The average molecular weight is 282 g/mol. The summed E-state index contributed by atoms with van der Waals surface area (Å²) in [6, 6.07) is -0.0766. The highest BCUT2D eigenvalue weighted by molar-refractivity contribution is 7.17. The summed E-state index contributed by atoms with van der Waals surface area (Å²) in [5.41, 5.74) is -1.20. The quantitative estimate of drug-likeness (QED) is 0.862. The summed E-state index contributed by atoms with van der Waals surface area (Å²) in [7, 11) is 0. The van der Waals surface area contributed by atoms with Crippen molar-refractivity contribution in [1.29, 1.82) is 0 Å². The SMILES string of the molecule is CCOC(=O)c1sc(NC(C)C)nc1C(F)(F)F. The fourth-order valence-electron chi connectivity index (χ4n) is 1.16. The highest BCUT2D eigenvalue weighted by Crippen LogP contribution is 2.36. The van der Waals surface area contributed by atoms with Gasteiger partial charge in [-0.15, -0.1) is 0 Å². The minimum atomic E-state index is -4.67. The van der Waals surface area contributed by atoms with Gasteiger partial charge in [-0.2, -0.15) is 13.2 Å². The minimum absolute atomic E-state index is 0.0149. The van der Waals surface area contributed by atoms with Crippen molar-refractivity contribution in [1.82, 2.24) is 4.98 Å². The van der Waals surface area contributed by atoms with Crippen LogP contribution in [0.25, 0.3) is 0 Å². The van der Waals surface area contributed by atoms with Gasteiger partial charge in [-0.25, -0.2) is 9.78 Å². The van der Waals surface area contributed by atoms with Gasteiger partial charge in [0, 0.05) is 6.04 Å². The number of ether oxygens (including phenoxy) is 1. The van der Waals surface area contributed by atoms with Crippen LogP contribution in [-0.2, 0) is 10.9 Å². The van der Waals surface area contributed by atoms with E-state index in [2.05, 4.69) is 15.0 Å². The zero-order valence-electron chi connectivity index (χ0n) is 10.1. The van der Waals surface area contributed by atoms with Gasteiger partial charge < -0.3 is 10.1 Å². The maximum Gasteiger partial charge on any atom is 0.435 e. The molecule has 18 heavy (non-hydrogen) atoms. The number of nitrogens with zero attached hydrogens (tertiary/aromatic N) is 1. The van der Waals surface area contributed by atoms with Crippen LogP contribution in [0, 0.1) is 0 Å². The van der Waals surface area contributed by atoms with Crippen LogP contribution < -0.4 is 5.32 Å². The molecule has 0 aliphatic carbocycles. The third kappa shape index (κ3) is 3.59. The van der Waals surface area contributed by atoms with Crippen molar-refractivity contribution in [2.45, 2.75) is 33.0 Å². The van der Waals surface area contributed by atoms with Crippen molar-refractivity contribution in [3.05, 3.63) is 10.6 Å². The van der Waals surface area contributed by atoms with Crippen LogP contribution in [0.3, 0.4) is 0 Å². The lowest BCUT2D eigenvalue weighted by Crippen LogP contribution is -2.14. The predicted molar refractivity (Wildman–Crippen MR) is 61.8 cm³/mol. The smallest absolute Gasteiger partial charge is 0.435 e. The number of hydrogen-bond donors (Lipinski definition) is 1. The van der Waals surface area contributed by atoms with Crippen LogP contribution in [0.5, 0.6) is 0 Å². The summed E-state index contributed by atoms with van der Waals surface area (Å²) in [6.45, 7) is 5.07. The lowest BCUT2D eigenvalue weighted by molar-refractivity contribution is -0.141. The van der Waals surface area contributed by atoms with Crippen molar-refractivity contribution in [2.24, 2.45) is 0 Å². The van der Waals surface area contributed by atoms with E-state index < -0.39 is 22.7 Å². The van der Waals surface area contributed by atoms with Gasteiger partial charge in [-0.05, 0) is 20.8 Å². The van der Waals surface area contributed by atoms with E-state index in [1.165, 1.54) is 6.92 Å². The predicted octanol–water partition coefficient (Wildman–Crippen LogP) is 3.16. The standard InChI is InChI=1S/C10H13F3N2O2S/c1-4-17-8(16)6-7(10(11,12)13)15-9(18-6)14-5(2)3/h5H,4H2,1-3H3,(H,14,15). The number of halogens is 3. The number of hydrogen-bond acceptors (Lipinski definition) is 5. The molecule has 0 aliphatic rings. The van der Waals surface area contributed by atoms with Crippen molar-refractivity contribution < 1.29 is 22.7 Å². The van der Waals surface area contributed by atoms with Crippen molar-refractivity contribution in [2.75, 3.05) is 11.9 Å². The van der Waals surface area contributed by atoms with E-state index in [4.69, 9.17) is 0 Å². The molecule has 1 N–H and O–H groups in total. The largest absolute Gasteiger partial charge is 0.462 e. The van der Waals surface area contributed by atoms with Crippen molar-refractivity contribution in [3.8, 4) is 0 Å². The molecular weight excluding hydrogens is 269 g/mol. The first-order chi connectivity index (χ1) is 8.25. The van der Waals surface area contributed by atoms with Gasteiger partial charge in [0.2, 0.25) is 0 Å². The topological polar surface area (TPSA) is 51.2 Å². The monoisotopic (exact) mass is 282 g/mol. The Kier molecular flexibility index (Phi) is 4.55. The highest BCUT2D eigenvalue weighted by atomic mass is 32.1. The Morgan fingerprint density at radius 2 is 2.11 bits per heavy atom. The Morgan fingerprint density at radius 1 is 1.50 bits per heavy atom. The first-order valence-electron chi connectivity index (χ1n) is 5.27. The van der Waals surface area contributed by atoms with E-state index in [1.807, 2.05) is 0 Å². The molecule has 0 aliphatic heterocycles. The molecule has 102 valence electrons. The number of thiazole rings is 1. The van der Waals surface area contributed by atoms with Crippen molar-refractivity contribution >= 4 is 22.4 Å². The van der Waals surface area contributed by atoms with Gasteiger partial charge in [-0.1, -0.05) is 11.3 Å². The first kappa shape index (κ1) is 14.7. The number of nitrogens with one attached hydrogen (secondary N) is 1. The lowest BCUT2D eigenvalue weighted by Gasteiger charge is -2.05. The van der Waals surface area contributed by atoms with Crippen LogP contribution in [-0.4, -0.2) is 23.6 Å². The Labute approximate surface area is 106 Å². The van der Waals surface area contributed by atoms with Gasteiger partial charge in [0.05, 0.1) is 6.61 Å². The second-order valence-electron chi connectivity index (χ2n) is 3.71. The Hall–Kier alpha value is -1.31. The Morgan fingerprint density at radius 3 is 2.56 bits per heavy atom. The zero-order valence-corrected chi connectivity index (χ0v) is 10.9. The maximum atomic E-state index is 12.7. The Bertz CT molecular complexity index is 429.